The van der Waals surface area contributed by atoms with Gasteiger partial charge < -0.3 is 25.5 Å². The lowest BCUT2D eigenvalue weighted by molar-refractivity contribution is -0.123. The number of rotatable bonds is 7. The first-order chi connectivity index (χ1) is 20.1. The molecule has 8 heteroatoms. The molecule has 4 N–H and O–H groups in total. The molecular weight excluding hydrogens is 510 g/mol. The summed E-state index contributed by atoms with van der Waals surface area (Å²) in [4.78, 5) is 26.2. The van der Waals surface area contributed by atoms with Crippen molar-refractivity contribution in [3.05, 3.63) is 36.4 Å². The Morgan fingerprint density at radius 1 is 1.02 bits per heavy atom. The number of nitrogens with zero attached hydrogens (tertiary/aromatic N) is 3. The van der Waals surface area contributed by atoms with Crippen LogP contribution in [0.25, 0.3) is 0 Å². The van der Waals surface area contributed by atoms with Crippen molar-refractivity contribution >= 4 is 5.91 Å². The van der Waals surface area contributed by atoms with E-state index in [1.165, 1.54) is 69.9 Å². The smallest absolute Gasteiger partial charge is 0.237 e. The summed E-state index contributed by atoms with van der Waals surface area (Å²) < 4.78 is 2.25. The van der Waals surface area contributed by atoms with Gasteiger partial charge in [0, 0.05) is 48.3 Å². The average molecular weight is 564 g/mol. The number of amides is 1. The molecule has 8 nitrogen and oxygen atoms in total. The quantitative estimate of drug-likeness (QED) is 0.335. The second kappa shape index (κ2) is 13.9. The van der Waals surface area contributed by atoms with Crippen LogP contribution >= 0.6 is 0 Å². The number of carbonyl (C=O) groups is 1. The van der Waals surface area contributed by atoms with Crippen LogP contribution in [0.4, 0.5) is 0 Å². The molecule has 4 heterocycles. The van der Waals surface area contributed by atoms with Crippen molar-refractivity contribution in [3.8, 4) is 0 Å². The number of aromatic amines is 1. The number of nitrogens with one attached hydrogen (secondary N) is 4. The molecule has 226 valence electrons. The topological polar surface area (TPSA) is 99.7 Å². The predicted molar refractivity (Wildman–Crippen MR) is 163 cm³/mol. The molecule has 3 aliphatic carbocycles. The van der Waals surface area contributed by atoms with E-state index in [1.54, 1.807) is 0 Å². The van der Waals surface area contributed by atoms with Gasteiger partial charge in [-0.3, -0.25) is 4.79 Å². The first-order valence-electron chi connectivity index (χ1n) is 16.9. The van der Waals surface area contributed by atoms with Gasteiger partial charge in [-0.25, -0.2) is 9.97 Å². The highest BCUT2D eigenvalue weighted by Crippen LogP contribution is 2.38. The van der Waals surface area contributed by atoms with Crippen LogP contribution in [-0.4, -0.2) is 50.1 Å². The van der Waals surface area contributed by atoms with Gasteiger partial charge in [0.25, 0.3) is 0 Å². The van der Waals surface area contributed by atoms with Gasteiger partial charge in [-0.2, -0.15) is 0 Å². The summed E-state index contributed by atoms with van der Waals surface area (Å²) in [6, 6.07) is 1.38. The zero-order chi connectivity index (χ0) is 28.0. The van der Waals surface area contributed by atoms with Gasteiger partial charge in [0.2, 0.25) is 5.91 Å². The van der Waals surface area contributed by atoms with E-state index in [9.17, 15) is 4.79 Å². The Morgan fingerprint density at radius 2 is 1.83 bits per heavy atom. The summed E-state index contributed by atoms with van der Waals surface area (Å²) >= 11 is 0. The lowest BCUT2D eigenvalue weighted by atomic mass is 9.84. The number of H-pyrrole nitrogens is 1. The van der Waals surface area contributed by atoms with Gasteiger partial charge in [-0.1, -0.05) is 45.4 Å². The molecule has 0 aromatic carbocycles. The third-order valence-electron chi connectivity index (χ3n) is 10.9. The van der Waals surface area contributed by atoms with Gasteiger partial charge >= 0.3 is 0 Å². The largest absolute Gasteiger partial charge is 0.345 e. The number of hydrogen-bond acceptors (Lipinski definition) is 5. The predicted octanol–water partition coefficient (Wildman–Crippen LogP) is 5.92. The molecule has 5 fully saturated rings. The summed E-state index contributed by atoms with van der Waals surface area (Å²) in [5.74, 6) is 3.33. The first kappa shape index (κ1) is 28.9. The van der Waals surface area contributed by atoms with Crippen LogP contribution in [-0.2, 0) is 4.79 Å². The molecular formula is C33H53N7O. The lowest BCUT2D eigenvalue weighted by Gasteiger charge is -2.29. The fraction of sp³-hybridized carbons (Fsp3) is 0.788. The maximum Gasteiger partial charge on any atom is 0.237 e. The van der Waals surface area contributed by atoms with Crippen LogP contribution in [0.15, 0.2) is 24.9 Å². The van der Waals surface area contributed by atoms with Crippen LogP contribution in [0, 0.1) is 11.8 Å². The van der Waals surface area contributed by atoms with E-state index in [4.69, 9.17) is 4.98 Å². The number of aromatic nitrogens is 4. The minimum Gasteiger partial charge on any atom is -0.345 e. The molecule has 1 amide bonds. The number of piperidine rings is 1. The normalized spacial score (nSPS) is 32.7. The van der Waals surface area contributed by atoms with Crippen molar-refractivity contribution in [3.63, 3.8) is 0 Å². The molecule has 41 heavy (non-hydrogen) atoms. The van der Waals surface area contributed by atoms with E-state index in [2.05, 4.69) is 43.6 Å². The van der Waals surface area contributed by atoms with Crippen LogP contribution < -0.4 is 16.0 Å². The summed E-state index contributed by atoms with van der Waals surface area (Å²) in [6.07, 6.45) is 27.7. The van der Waals surface area contributed by atoms with Crippen LogP contribution in [0.5, 0.6) is 0 Å². The molecule has 0 bridgehead atoms. The lowest BCUT2D eigenvalue weighted by Crippen LogP contribution is -2.46. The number of imidazole rings is 2. The zero-order valence-corrected chi connectivity index (χ0v) is 25.2. The molecule has 0 radical (unpaired) electrons. The summed E-state index contributed by atoms with van der Waals surface area (Å²) in [6.45, 7) is 3.38. The van der Waals surface area contributed by atoms with E-state index >= 15 is 0 Å². The Labute approximate surface area is 246 Å². The van der Waals surface area contributed by atoms with Gasteiger partial charge in [0.15, 0.2) is 0 Å². The van der Waals surface area contributed by atoms with Crippen molar-refractivity contribution in [2.24, 2.45) is 11.8 Å². The molecule has 2 aromatic rings. The van der Waals surface area contributed by atoms with E-state index in [-0.39, 0.29) is 18.0 Å². The van der Waals surface area contributed by atoms with Crippen molar-refractivity contribution < 1.29 is 4.79 Å². The standard InChI is InChI=1S/C28H43N7O.C5H10/c36-28(25-15-20-5-1-2-7-23(20)32-25)34-24(16-21-6-3-4-12-30-21)27-31-17-26(33-27)19-8-10-22(11-9-19)35-14-13-29-18-35;1-5-3-2-4-5/h13-14,17-25,30,32H,1-12,15-16H2,(H,31,33)(H,34,36);5H,2-4H2,1H3/t19?,20?,21?,22?,23?,24-,25?;/m0./s1. The first-order valence-corrected chi connectivity index (χ1v) is 16.9. The fourth-order valence-corrected chi connectivity index (χ4v) is 7.96. The van der Waals surface area contributed by atoms with E-state index in [0.717, 1.165) is 56.8 Å². The Balaban J connectivity index is 0.000000548. The maximum absolute atomic E-state index is 13.4. The molecule has 2 aromatic heterocycles. The third kappa shape index (κ3) is 7.42. The molecule has 0 spiro atoms. The third-order valence-corrected chi connectivity index (χ3v) is 10.9. The SMILES string of the molecule is CC1CCC1.O=C(N[C@@H](CC1CCCCN1)c1ncc(C2CCC(n3ccnc3)CC2)[nH]1)C1CC2CCCCC2N1. The minimum atomic E-state index is -0.0754. The number of fused-ring (bicyclic) bond motifs is 1. The Kier molecular flexibility index (Phi) is 9.77. The molecule has 5 aliphatic rings. The van der Waals surface area contributed by atoms with Gasteiger partial charge in [-0.05, 0) is 82.6 Å². The van der Waals surface area contributed by atoms with Crippen molar-refractivity contribution in [2.45, 2.75) is 146 Å². The highest BCUT2D eigenvalue weighted by atomic mass is 16.2. The second-order valence-corrected chi connectivity index (χ2v) is 13.8. The van der Waals surface area contributed by atoms with Crippen molar-refractivity contribution in [1.82, 2.24) is 35.5 Å². The van der Waals surface area contributed by atoms with E-state index in [0.29, 0.717) is 30.0 Å². The van der Waals surface area contributed by atoms with Gasteiger partial charge in [-0.15, -0.1) is 0 Å². The average Bonchev–Trinajstić information content (AvgIpc) is 3.78. The highest BCUT2D eigenvalue weighted by molar-refractivity contribution is 5.82. The number of carbonyl (C=O) groups excluding carboxylic acids is 1. The monoisotopic (exact) mass is 563 g/mol. The Hall–Kier alpha value is -2.19. The van der Waals surface area contributed by atoms with E-state index in [1.807, 2.05) is 18.7 Å². The van der Waals surface area contributed by atoms with Gasteiger partial charge in [0.1, 0.15) is 5.82 Å². The Bertz CT molecular complexity index is 1050. The van der Waals surface area contributed by atoms with E-state index < -0.39 is 0 Å². The highest BCUT2D eigenvalue weighted by Gasteiger charge is 2.39. The molecule has 2 saturated heterocycles. The van der Waals surface area contributed by atoms with Gasteiger partial charge in [0.05, 0.1) is 18.4 Å². The fourth-order valence-electron chi connectivity index (χ4n) is 7.96. The van der Waals surface area contributed by atoms with Crippen molar-refractivity contribution in [1.29, 1.82) is 0 Å². The summed E-state index contributed by atoms with van der Waals surface area (Å²) in [7, 11) is 0. The minimum absolute atomic E-state index is 0.0622. The van der Waals surface area contributed by atoms with Crippen LogP contribution in [0.3, 0.4) is 0 Å². The molecule has 2 aliphatic heterocycles. The van der Waals surface area contributed by atoms with Crippen LogP contribution in [0.2, 0.25) is 0 Å². The maximum atomic E-state index is 13.4. The molecule has 7 rings (SSSR count). The van der Waals surface area contributed by atoms with Crippen LogP contribution in [0.1, 0.15) is 139 Å². The zero-order valence-electron chi connectivity index (χ0n) is 25.2. The summed E-state index contributed by atoms with van der Waals surface area (Å²) in [5.41, 5.74) is 1.23. The number of hydrogen-bond donors (Lipinski definition) is 4. The molecule has 3 saturated carbocycles. The molecule has 4 unspecified atom stereocenters. The van der Waals surface area contributed by atoms with Crippen molar-refractivity contribution in [2.75, 3.05) is 6.54 Å². The second-order valence-electron chi connectivity index (χ2n) is 13.8. The molecule has 5 atom stereocenters. The Morgan fingerprint density at radius 3 is 2.51 bits per heavy atom. The summed E-state index contributed by atoms with van der Waals surface area (Å²) in [5, 5.41) is 10.8.